The molecule has 0 atom stereocenters. The number of carbonyl (C=O) groups is 1. The normalized spacial score (nSPS) is 11.2. The first-order valence-electron chi connectivity index (χ1n) is 7.27. The first kappa shape index (κ1) is 17.7. The lowest BCUT2D eigenvalue weighted by Crippen LogP contribution is -2.29. The summed E-state index contributed by atoms with van der Waals surface area (Å²) >= 11 is 5.85. The van der Waals surface area contributed by atoms with Crippen LogP contribution in [0.3, 0.4) is 0 Å². The van der Waals surface area contributed by atoms with Gasteiger partial charge in [-0.05, 0) is 36.2 Å². The van der Waals surface area contributed by atoms with Crippen LogP contribution < -0.4 is 11.1 Å². The van der Waals surface area contributed by atoms with Crippen molar-refractivity contribution in [3.05, 3.63) is 70.5 Å². The van der Waals surface area contributed by atoms with Crippen molar-refractivity contribution in [2.45, 2.75) is 6.42 Å². The summed E-state index contributed by atoms with van der Waals surface area (Å²) in [5, 5.41) is 6.90. The fraction of sp³-hybridized carbons (Fsp3) is 0.176. The van der Waals surface area contributed by atoms with E-state index in [1.165, 1.54) is 12.1 Å². The second-order valence-corrected chi connectivity index (χ2v) is 5.42. The molecule has 0 heterocycles. The molecule has 1 amide bonds. The van der Waals surface area contributed by atoms with E-state index < -0.39 is 0 Å². The van der Waals surface area contributed by atoms with Crippen molar-refractivity contribution in [2.24, 2.45) is 10.9 Å². The first-order valence-corrected chi connectivity index (χ1v) is 7.65. The van der Waals surface area contributed by atoms with Crippen LogP contribution in [0.15, 0.2) is 53.7 Å². The number of amidine groups is 1. The maximum Gasteiger partial charge on any atom is 0.260 e. The fourth-order valence-corrected chi connectivity index (χ4v) is 2.10. The van der Waals surface area contributed by atoms with Crippen LogP contribution in [0.5, 0.6) is 0 Å². The van der Waals surface area contributed by atoms with Crippen LogP contribution in [-0.2, 0) is 16.1 Å². The topological polar surface area (TPSA) is 76.7 Å². The molecule has 0 fully saturated rings. The van der Waals surface area contributed by atoms with Crippen molar-refractivity contribution in [3.8, 4) is 0 Å². The molecular weight excluding hydrogens is 333 g/mol. The average Bonchev–Trinajstić information content (AvgIpc) is 2.56. The highest BCUT2D eigenvalue weighted by Gasteiger charge is 2.03. The standard InChI is InChI=1S/C17H17ClFN3O2/c18-14-3-1-2-13(10-14)17(20)22-24-11-16(23)21-9-8-12-4-6-15(19)7-5-12/h1-7,10H,8-9,11H2,(H2,20,22)(H,21,23). The number of nitrogens with zero attached hydrogens (tertiary/aromatic N) is 1. The molecule has 5 nitrogen and oxygen atoms in total. The average molecular weight is 350 g/mol. The number of benzene rings is 2. The summed E-state index contributed by atoms with van der Waals surface area (Å²) in [6, 6.07) is 12.9. The van der Waals surface area contributed by atoms with E-state index in [2.05, 4.69) is 10.5 Å². The minimum absolute atomic E-state index is 0.136. The third-order valence-corrected chi connectivity index (χ3v) is 3.36. The smallest absolute Gasteiger partial charge is 0.260 e. The molecular formula is C17H17ClFN3O2. The van der Waals surface area contributed by atoms with Gasteiger partial charge in [0.25, 0.3) is 5.91 Å². The Hall–Kier alpha value is -2.60. The maximum atomic E-state index is 12.8. The van der Waals surface area contributed by atoms with E-state index in [9.17, 15) is 9.18 Å². The zero-order valence-electron chi connectivity index (χ0n) is 12.8. The number of oxime groups is 1. The van der Waals surface area contributed by atoms with Crippen molar-refractivity contribution in [3.63, 3.8) is 0 Å². The highest BCUT2D eigenvalue weighted by Crippen LogP contribution is 2.10. The molecule has 24 heavy (non-hydrogen) atoms. The Kier molecular flexibility index (Phi) is 6.57. The van der Waals surface area contributed by atoms with E-state index >= 15 is 0 Å². The molecule has 0 aliphatic carbocycles. The molecule has 126 valence electrons. The zero-order valence-corrected chi connectivity index (χ0v) is 13.6. The highest BCUT2D eigenvalue weighted by atomic mass is 35.5. The number of hydrogen-bond acceptors (Lipinski definition) is 3. The van der Waals surface area contributed by atoms with Crippen LogP contribution >= 0.6 is 11.6 Å². The quantitative estimate of drug-likeness (QED) is 0.458. The lowest BCUT2D eigenvalue weighted by atomic mass is 10.1. The van der Waals surface area contributed by atoms with Crippen LogP contribution in [0.2, 0.25) is 5.02 Å². The molecule has 2 aromatic rings. The second kappa shape index (κ2) is 8.88. The number of rotatable bonds is 7. The van der Waals surface area contributed by atoms with Crippen LogP contribution in [0.25, 0.3) is 0 Å². The summed E-state index contributed by atoms with van der Waals surface area (Å²) < 4.78 is 12.8. The van der Waals surface area contributed by atoms with E-state index in [-0.39, 0.29) is 24.2 Å². The molecule has 7 heteroatoms. The van der Waals surface area contributed by atoms with Crippen molar-refractivity contribution in [2.75, 3.05) is 13.2 Å². The minimum atomic E-state index is -0.320. The lowest BCUT2D eigenvalue weighted by Gasteiger charge is -2.05. The van der Waals surface area contributed by atoms with Crippen LogP contribution in [0.4, 0.5) is 4.39 Å². The molecule has 0 aliphatic heterocycles. The van der Waals surface area contributed by atoms with Crippen LogP contribution in [0.1, 0.15) is 11.1 Å². The maximum absolute atomic E-state index is 12.8. The van der Waals surface area contributed by atoms with Crippen molar-refractivity contribution in [1.82, 2.24) is 5.32 Å². The molecule has 0 radical (unpaired) electrons. The van der Waals surface area contributed by atoms with Gasteiger partial charge >= 0.3 is 0 Å². The van der Waals surface area contributed by atoms with Gasteiger partial charge in [0, 0.05) is 17.1 Å². The number of halogens is 2. The Morgan fingerprint density at radius 1 is 1.25 bits per heavy atom. The molecule has 0 aromatic heterocycles. The molecule has 0 spiro atoms. The van der Waals surface area contributed by atoms with Gasteiger partial charge in [-0.15, -0.1) is 0 Å². The monoisotopic (exact) mass is 349 g/mol. The first-order chi connectivity index (χ1) is 11.5. The highest BCUT2D eigenvalue weighted by molar-refractivity contribution is 6.31. The Bertz CT molecular complexity index is 720. The van der Waals surface area contributed by atoms with Gasteiger partial charge < -0.3 is 15.9 Å². The zero-order chi connectivity index (χ0) is 17.4. The van der Waals surface area contributed by atoms with Crippen LogP contribution in [-0.4, -0.2) is 24.9 Å². The summed E-state index contributed by atoms with van der Waals surface area (Å²) in [5.74, 6) is -0.470. The van der Waals surface area contributed by atoms with E-state index in [0.717, 1.165) is 5.56 Å². The van der Waals surface area contributed by atoms with Gasteiger partial charge in [0.05, 0.1) is 0 Å². The SMILES string of the molecule is N/C(=N/OCC(=O)NCCc1ccc(F)cc1)c1cccc(Cl)c1. The number of nitrogens with two attached hydrogens (primary N) is 1. The largest absolute Gasteiger partial charge is 0.384 e. The number of hydrogen-bond donors (Lipinski definition) is 2. The summed E-state index contributed by atoms with van der Waals surface area (Å²) in [7, 11) is 0. The Labute approximate surface area is 144 Å². The Morgan fingerprint density at radius 3 is 2.71 bits per heavy atom. The molecule has 0 aliphatic rings. The molecule has 0 saturated carbocycles. The van der Waals surface area contributed by atoms with Gasteiger partial charge in [-0.25, -0.2) is 4.39 Å². The molecule has 0 unspecified atom stereocenters. The van der Waals surface area contributed by atoms with Crippen molar-refractivity contribution < 1.29 is 14.0 Å². The van der Waals surface area contributed by atoms with Gasteiger partial charge in [0.2, 0.25) is 0 Å². The predicted octanol–water partition coefficient (Wildman–Crippen LogP) is 2.47. The van der Waals surface area contributed by atoms with E-state index in [0.29, 0.717) is 23.6 Å². The number of carbonyl (C=O) groups excluding carboxylic acids is 1. The molecule has 0 bridgehead atoms. The summed E-state index contributed by atoms with van der Waals surface area (Å²) in [5.41, 5.74) is 7.28. The third-order valence-electron chi connectivity index (χ3n) is 3.13. The summed E-state index contributed by atoms with van der Waals surface area (Å²) in [4.78, 5) is 16.6. The van der Waals surface area contributed by atoms with Gasteiger partial charge in [0.15, 0.2) is 12.4 Å². The molecule has 2 rings (SSSR count). The van der Waals surface area contributed by atoms with E-state index in [4.69, 9.17) is 22.2 Å². The lowest BCUT2D eigenvalue weighted by molar-refractivity contribution is -0.125. The van der Waals surface area contributed by atoms with Crippen LogP contribution in [0, 0.1) is 5.82 Å². The predicted molar refractivity (Wildman–Crippen MR) is 91.2 cm³/mol. The van der Waals surface area contributed by atoms with Gasteiger partial charge in [-0.3, -0.25) is 4.79 Å². The fourth-order valence-electron chi connectivity index (χ4n) is 1.91. The second-order valence-electron chi connectivity index (χ2n) is 4.99. The Morgan fingerprint density at radius 2 is 2.00 bits per heavy atom. The molecule has 0 saturated heterocycles. The van der Waals surface area contributed by atoms with Gasteiger partial charge in [0.1, 0.15) is 5.82 Å². The van der Waals surface area contributed by atoms with Crippen molar-refractivity contribution >= 4 is 23.3 Å². The third kappa shape index (κ3) is 5.89. The molecule has 3 N–H and O–H groups in total. The van der Waals surface area contributed by atoms with Crippen molar-refractivity contribution in [1.29, 1.82) is 0 Å². The number of amides is 1. The van der Waals surface area contributed by atoms with E-state index in [1.807, 2.05) is 0 Å². The van der Waals surface area contributed by atoms with Gasteiger partial charge in [-0.2, -0.15) is 0 Å². The Balaban J connectivity index is 1.71. The number of nitrogens with one attached hydrogen (secondary N) is 1. The molecule has 2 aromatic carbocycles. The van der Waals surface area contributed by atoms with Gasteiger partial charge in [-0.1, -0.05) is 41.0 Å². The minimum Gasteiger partial charge on any atom is -0.384 e. The summed E-state index contributed by atoms with van der Waals surface area (Å²) in [6.07, 6.45) is 0.597. The summed E-state index contributed by atoms with van der Waals surface area (Å²) in [6.45, 7) is 0.173. The van der Waals surface area contributed by atoms with E-state index in [1.54, 1.807) is 36.4 Å².